The van der Waals surface area contributed by atoms with Gasteiger partial charge in [0.25, 0.3) is 0 Å². The zero-order chi connectivity index (χ0) is 17.9. The lowest BCUT2D eigenvalue weighted by molar-refractivity contribution is 0.525. The molecule has 4 rings (SSSR count). The van der Waals surface area contributed by atoms with Crippen molar-refractivity contribution in [3.05, 3.63) is 48.2 Å². The minimum Gasteiger partial charge on any atom is -0.365 e. The number of anilines is 2. The normalized spacial score (nSPS) is 17.5. The Morgan fingerprint density at radius 2 is 2.04 bits per heavy atom. The molecule has 0 aliphatic carbocycles. The summed E-state index contributed by atoms with van der Waals surface area (Å²) in [6, 6.07) is 8.62. The summed E-state index contributed by atoms with van der Waals surface area (Å²) < 4.78 is 0. The number of benzene rings is 1. The van der Waals surface area contributed by atoms with Crippen LogP contribution in [0.4, 0.5) is 11.6 Å². The Hall–Kier alpha value is -2.76. The second-order valence-electron chi connectivity index (χ2n) is 6.84. The molecule has 134 valence electrons. The summed E-state index contributed by atoms with van der Waals surface area (Å²) in [5.41, 5.74) is 3.27. The number of nitrogens with one attached hydrogen (secondary N) is 1. The summed E-state index contributed by atoms with van der Waals surface area (Å²) in [7, 11) is 0. The summed E-state index contributed by atoms with van der Waals surface area (Å²) in [6.45, 7) is 6.17. The molecule has 1 aliphatic rings. The minimum atomic E-state index is 0.335. The average molecular weight is 348 g/mol. The smallest absolute Gasteiger partial charge is 0.137 e. The van der Waals surface area contributed by atoms with E-state index in [4.69, 9.17) is 0 Å². The van der Waals surface area contributed by atoms with Gasteiger partial charge in [-0.1, -0.05) is 19.1 Å². The number of hydrogen-bond acceptors (Lipinski definition) is 6. The largest absolute Gasteiger partial charge is 0.365 e. The first-order chi connectivity index (χ1) is 12.7. The molecule has 6 heteroatoms. The predicted molar refractivity (Wildman–Crippen MR) is 105 cm³/mol. The maximum Gasteiger partial charge on any atom is 0.137 e. The summed E-state index contributed by atoms with van der Waals surface area (Å²) >= 11 is 0. The van der Waals surface area contributed by atoms with E-state index in [1.807, 2.05) is 12.1 Å². The van der Waals surface area contributed by atoms with Crippen molar-refractivity contribution in [1.82, 2.24) is 19.9 Å². The maximum absolute atomic E-state index is 4.52. The molecule has 26 heavy (non-hydrogen) atoms. The Kier molecular flexibility index (Phi) is 4.65. The van der Waals surface area contributed by atoms with Gasteiger partial charge in [-0.05, 0) is 37.8 Å². The molecule has 1 saturated heterocycles. The molecule has 0 amide bonds. The van der Waals surface area contributed by atoms with Crippen LogP contribution in [0.1, 0.15) is 31.0 Å². The summed E-state index contributed by atoms with van der Waals surface area (Å²) in [5, 5.41) is 4.77. The van der Waals surface area contributed by atoms with Crippen molar-refractivity contribution in [1.29, 1.82) is 0 Å². The highest BCUT2D eigenvalue weighted by Crippen LogP contribution is 2.26. The Balaban J connectivity index is 1.56. The van der Waals surface area contributed by atoms with Gasteiger partial charge in [0.15, 0.2) is 0 Å². The standard InChI is InChI=1S/C20H24N6/c1-3-15-10-18(23-12-21-15)26-9-5-7-16(11-26)25-20-19-14(2)6-4-8-17(19)22-13-24-20/h4,6,8,10,12-13,16H,3,5,7,9,11H2,1-2H3,(H,22,24,25). The Bertz CT molecular complexity index is 904. The molecule has 3 heterocycles. The van der Waals surface area contributed by atoms with E-state index < -0.39 is 0 Å². The number of piperidine rings is 1. The van der Waals surface area contributed by atoms with Crippen LogP contribution in [-0.2, 0) is 6.42 Å². The summed E-state index contributed by atoms with van der Waals surface area (Å²) in [5.74, 6) is 1.95. The lowest BCUT2D eigenvalue weighted by atomic mass is 10.0. The van der Waals surface area contributed by atoms with Gasteiger partial charge in [-0.3, -0.25) is 0 Å². The molecule has 1 fully saturated rings. The van der Waals surface area contributed by atoms with Crippen LogP contribution >= 0.6 is 0 Å². The van der Waals surface area contributed by atoms with E-state index in [0.717, 1.165) is 60.6 Å². The second kappa shape index (κ2) is 7.23. The third-order valence-corrected chi connectivity index (χ3v) is 5.03. The van der Waals surface area contributed by atoms with E-state index in [0.29, 0.717) is 6.04 Å². The van der Waals surface area contributed by atoms with Crippen LogP contribution in [-0.4, -0.2) is 39.1 Å². The van der Waals surface area contributed by atoms with E-state index in [2.05, 4.69) is 56.1 Å². The van der Waals surface area contributed by atoms with Gasteiger partial charge in [0.1, 0.15) is 24.3 Å². The van der Waals surface area contributed by atoms with E-state index >= 15 is 0 Å². The first kappa shape index (κ1) is 16.7. The third kappa shape index (κ3) is 3.31. The van der Waals surface area contributed by atoms with Gasteiger partial charge in [-0.25, -0.2) is 19.9 Å². The predicted octanol–water partition coefficient (Wildman–Crippen LogP) is 3.37. The van der Waals surface area contributed by atoms with Crippen LogP contribution in [0, 0.1) is 6.92 Å². The van der Waals surface area contributed by atoms with Crippen molar-refractivity contribution in [3.63, 3.8) is 0 Å². The Morgan fingerprint density at radius 1 is 1.15 bits per heavy atom. The quantitative estimate of drug-likeness (QED) is 0.780. The van der Waals surface area contributed by atoms with Gasteiger partial charge >= 0.3 is 0 Å². The molecule has 1 atom stereocenters. The highest BCUT2D eigenvalue weighted by Gasteiger charge is 2.22. The van der Waals surface area contributed by atoms with Crippen molar-refractivity contribution in [3.8, 4) is 0 Å². The molecule has 1 N–H and O–H groups in total. The second-order valence-corrected chi connectivity index (χ2v) is 6.84. The number of hydrogen-bond donors (Lipinski definition) is 1. The van der Waals surface area contributed by atoms with Crippen LogP contribution < -0.4 is 10.2 Å². The maximum atomic E-state index is 4.52. The molecule has 0 saturated carbocycles. The van der Waals surface area contributed by atoms with Crippen LogP contribution in [0.5, 0.6) is 0 Å². The monoisotopic (exact) mass is 348 g/mol. The lowest BCUT2D eigenvalue weighted by Gasteiger charge is -2.34. The zero-order valence-electron chi connectivity index (χ0n) is 15.3. The van der Waals surface area contributed by atoms with Crippen molar-refractivity contribution in [2.45, 2.75) is 39.2 Å². The van der Waals surface area contributed by atoms with Crippen LogP contribution in [0.2, 0.25) is 0 Å². The van der Waals surface area contributed by atoms with Crippen LogP contribution in [0.3, 0.4) is 0 Å². The van der Waals surface area contributed by atoms with Crippen LogP contribution in [0.25, 0.3) is 10.9 Å². The molecule has 0 spiro atoms. The number of aryl methyl sites for hydroxylation is 2. The Labute approximate surface area is 153 Å². The third-order valence-electron chi connectivity index (χ3n) is 5.03. The first-order valence-electron chi connectivity index (χ1n) is 9.27. The SMILES string of the molecule is CCc1cc(N2CCCC(Nc3ncnc4cccc(C)c34)C2)ncn1. The van der Waals surface area contributed by atoms with Crippen molar-refractivity contribution < 1.29 is 0 Å². The first-order valence-corrected chi connectivity index (χ1v) is 9.27. The van der Waals surface area contributed by atoms with Gasteiger partial charge in [-0.2, -0.15) is 0 Å². The molecule has 0 radical (unpaired) electrons. The number of rotatable bonds is 4. The van der Waals surface area contributed by atoms with Gasteiger partial charge in [-0.15, -0.1) is 0 Å². The average Bonchev–Trinajstić information content (AvgIpc) is 2.68. The lowest BCUT2D eigenvalue weighted by Crippen LogP contribution is -2.42. The van der Waals surface area contributed by atoms with Crippen molar-refractivity contribution in [2.24, 2.45) is 0 Å². The highest BCUT2D eigenvalue weighted by molar-refractivity contribution is 5.91. The zero-order valence-corrected chi connectivity index (χ0v) is 15.3. The highest BCUT2D eigenvalue weighted by atomic mass is 15.2. The number of aromatic nitrogens is 4. The van der Waals surface area contributed by atoms with Gasteiger partial charge in [0.2, 0.25) is 0 Å². The number of fused-ring (bicyclic) bond motifs is 1. The molecule has 0 bridgehead atoms. The van der Waals surface area contributed by atoms with Crippen molar-refractivity contribution >= 4 is 22.5 Å². The molecule has 2 aromatic heterocycles. The van der Waals surface area contributed by atoms with E-state index in [1.165, 1.54) is 5.56 Å². The van der Waals surface area contributed by atoms with E-state index in [1.54, 1.807) is 12.7 Å². The summed E-state index contributed by atoms with van der Waals surface area (Å²) in [6.07, 6.45) is 6.50. The molecule has 1 aliphatic heterocycles. The Morgan fingerprint density at radius 3 is 2.92 bits per heavy atom. The fourth-order valence-corrected chi connectivity index (χ4v) is 3.64. The molecular weight excluding hydrogens is 324 g/mol. The summed E-state index contributed by atoms with van der Waals surface area (Å²) in [4.78, 5) is 20.1. The van der Waals surface area contributed by atoms with Gasteiger partial charge in [0, 0.05) is 36.3 Å². The van der Waals surface area contributed by atoms with Gasteiger partial charge in [0.05, 0.1) is 5.52 Å². The van der Waals surface area contributed by atoms with Crippen LogP contribution in [0.15, 0.2) is 36.9 Å². The minimum absolute atomic E-state index is 0.335. The number of nitrogens with zero attached hydrogens (tertiary/aromatic N) is 5. The molecule has 6 nitrogen and oxygen atoms in total. The van der Waals surface area contributed by atoms with Gasteiger partial charge < -0.3 is 10.2 Å². The van der Waals surface area contributed by atoms with Crippen molar-refractivity contribution in [2.75, 3.05) is 23.3 Å². The van der Waals surface area contributed by atoms with E-state index in [-0.39, 0.29) is 0 Å². The molecule has 1 unspecified atom stereocenters. The fraction of sp³-hybridized carbons (Fsp3) is 0.400. The molecular formula is C20H24N6. The molecule has 3 aromatic rings. The van der Waals surface area contributed by atoms with E-state index in [9.17, 15) is 0 Å². The molecule has 1 aromatic carbocycles. The topological polar surface area (TPSA) is 66.8 Å². The fourth-order valence-electron chi connectivity index (χ4n) is 3.64.